The number of halogens is 3. The summed E-state index contributed by atoms with van der Waals surface area (Å²) in [7, 11) is 0. The highest BCUT2D eigenvalue weighted by molar-refractivity contribution is 9.11. The molecule has 0 bridgehead atoms. The summed E-state index contributed by atoms with van der Waals surface area (Å²) < 4.78 is 3.31. The first-order chi connectivity index (χ1) is 7.15. The van der Waals surface area contributed by atoms with Gasteiger partial charge in [-0.2, -0.15) is 0 Å². The standard InChI is InChI=1S/C12H11Br3/c1-2-3-4-5-6-10-11(14)7-9(13)8-12(10)15/h2-5,7-8H,6H2,1H3/b3-2+,5-4+. The van der Waals surface area contributed by atoms with Gasteiger partial charge in [0.05, 0.1) is 0 Å². The van der Waals surface area contributed by atoms with Crippen molar-refractivity contribution < 1.29 is 0 Å². The zero-order valence-corrected chi connectivity index (χ0v) is 13.1. The van der Waals surface area contributed by atoms with Crippen LogP contribution in [0.1, 0.15) is 12.5 Å². The fourth-order valence-electron chi connectivity index (χ4n) is 1.14. The third-order valence-electron chi connectivity index (χ3n) is 1.87. The van der Waals surface area contributed by atoms with E-state index >= 15 is 0 Å². The molecule has 0 aliphatic carbocycles. The van der Waals surface area contributed by atoms with Crippen LogP contribution in [0.15, 0.2) is 49.9 Å². The van der Waals surface area contributed by atoms with E-state index < -0.39 is 0 Å². The zero-order chi connectivity index (χ0) is 11.3. The fourth-order valence-corrected chi connectivity index (χ4v) is 3.73. The van der Waals surface area contributed by atoms with Gasteiger partial charge in [0.1, 0.15) is 0 Å². The molecule has 0 unspecified atom stereocenters. The van der Waals surface area contributed by atoms with Crippen LogP contribution in [-0.2, 0) is 6.42 Å². The molecular weight excluding hydrogens is 384 g/mol. The van der Waals surface area contributed by atoms with Crippen molar-refractivity contribution in [2.75, 3.05) is 0 Å². The first-order valence-corrected chi connectivity index (χ1v) is 6.94. The van der Waals surface area contributed by atoms with Crippen LogP contribution in [0.3, 0.4) is 0 Å². The number of allylic oxidation sites excluding steroid dienone is 4. The molecule has 0 amide bonds. The van der Waals surface area contributed by atoms with Crippen LogP contribution in [0.4, 0.5) is 0 Å². The molecule has 3 heteroatoms. The molecule has 0 spiro atoms. The number of benzene rings is 1. The maximum Gasteiger partial charge on any atom is 0.0232 e. The average Bonchev–Trinajstić information content (AvgIpc) is 2.15. The Labute approximate surface area is 116 Å². The van der Waals surface area contributed by atoms with Gasteiger partial charge in [0.25, 0.3) is 0 Å². The molecule has 0 radical (unpaired) electrons. The van der Waals surface area contributed by atoms with Crippen molar-refractivity contribution in [1.29, 1.82) is 0 Å². The molecule has 0 nitrogen and oxygen atoms in total. The van der Waals surface area contributed by atoms with Crippen LogP contribution in [0.2, 0.25) is 0 Å². The summed E-state index contributed by atoms with van der Waals surface area (Å²) in [6.07, 6.45) is 9.15. The van der Waals surface area contributed by atoms with E-state index in [0.717, 1.165) is 19.8 Å². The molecule has 0 heterocycles. The summed E-state index contributed by atoms with van der Waals surface area (Å²) in [6.45, 7) is 2.01. The van der Waals surface area contributed by atoms with Gasteiger partial charge in [-0.05, 0) is 31.0 Å². The van der Waals surface area contributed by atoms with Crippen LogP contribution < -0.4 is 0 Å². The van der Waals surface area contributed by atoms with Crippen LogP contribution in [0, 0.1) is 0 Å². The van der Waals surface area contributed by atoms with Gasteiger partial charge in [0.2, 0.25) is 0 Å². The lowest BCUT2D eigenvalue weighted by atomic mass is 10.1. The molecule has 80 valence electrons. The second-order valence-corrected chi connectivity index (χ2v) is 5.63. The van der Waals surface area contributed by atoms with Crippen molar-refractivity contribution in [2.45, 2.75) is 13.3 Å². The highest BCUT2D eigenvalue weighted by Crippen LogP contribution is 2.30. The first-order valence-electron chi connectivity index (χ1n) is 4.56. The molecule has 1 aromatic carbocycles. The van der Waals surface area contributed by atoms with Gasteiger partial charge in [-0.1, -0.05) is 72.1 Å². The van der Waals surface area contributed by atoms with E-state index in [4.69, 9.17) is 0 Å². The molecule has 0 N–H and O–H groups in total. The van der Waals surface area contributed by atoms with Gasteiger partial charge in [-0.3, -0.25) is 0 Å². The van der Waals surface area contributed by atoms with E-state index in [1.54, 1.807) is 0 Å². The maximum absolute atomic E-state index is 3.56. The Balaban J connectivity index is 2.85. The van der Waals surface area contributed by atoms with Crippen LogP contribution in [0.25, 0.3) is 0 Å². The van der Waals surface area contributed by atoms with E-state index in [1.807, 2.05) is 19.1 Å². The lowest BCUT2D eigenvalue weighted by molar-refractivity contribution is 1.22. The Kier molecular flexibility index (Phi) is 5.87. The minimum Gasteiger partial charge on any atom is -0.0877 e. The average molecular weight is 395 g/mol. The summed E-state index contributed by atoms with van der Waals surface area (Å²) >= 11 is 10.6. The fraction of sp³-hybridized carbons (Fsp3) is 0.167. The van der Waals surface area contributed by atoms with Gasteiger partial charge in [-0.25, -0.2) is 0 Å². The lowest BCUT2D eigenvalue weighted by Gasteiger charge is -2.05. The molecule has 0 saturated carbocycles. The molecular formula is C12H11Br3. The van der Waals surface area contributed by atoms with Crippen molar-refractivity contribution in [3.8, 4) is 0 Å². The van der Waals surface area contributed by atoms with Crippen molar-refractivity contribution >= 4 is 47.8 Å². The van der Waals surface area contributed by atoms with E-state index in [1.165, 1.54) is 5.56 Å². The SMILES string of the molecule is C/C=C/C=C/Cc1c(Br)cc(Br)cc1Br. The Morgan fingerprint density at radius 2 is 1.67 bits per heavy atom. The molecule has 1 rings (SSSR count). The van der Waals surface area contributed by atoms with Gasteiger partial charge >= 0.3 is 0 Å². The predicted octanol–water partition coefficient (Wildman–Crippen LogP) is 5.65. The maximum atomic E-state index is 3.56. The normalized spacial score (nSPS) is 11.7. The summed E-state index contributed by atoms with van der Waals surface area (Å²) in [5.74, 6) is 0. The van der Waals surface area contributed by atoms with Gasteiger partial charge < -0.3 is 0 Å². The van der Waals surface area contributed by atoms with Crippen LogP contribution in [0.5, 0.6) is 0 Å². The molecule has 0 aliphatic rings. The minimum atomic E-state index is 0.915. The van der Waals surface area contributed by atoms with Crippen LogP contribution >= 0.6 is 47.8 Å². The first kappa shape index (κ1) is 13.2. The number of rotatable bonds is 3. The topological polar surface area (TPSA) is 0 Å². The Hall–Kier alpha value is 0.140. The summed E-state index contributed by atoms with van der Waals surface area (Å²) in [6, 6.07) is 4.12. The molecule has 0 fully saturated rings. The molecule has 0 atom stereocenters. The van der Waals surface area contributed by atoms with Crippen molar-refractivity contribution in [2.24, 2.45) is 0 Å². The Morgan fingerprint density at radius 3 is 2.20 bits per heavy atom. The van der Waals surface area contributed by atoms with Gasteiger partial charge in [0.15, 0.2) is 0 Å². The van der Waals surface area contributed by atoms with Gasteiger partial charge in [0, 0.05) is 13.4 Å². The summed E-state index contributed by atoms with van der Waals surface area (Å²) in [4.78, 5) is 0. The second kappa shape index (κ2) is 6.66. The molecule has 0 aromatic heterocycles. The van der Waals surface area contributed by atoms with E-state index in [2.05, 4.69) is 72.1 Å². The number of hydrogen-bond acceptors (Lipinski definition) is 0. The van der Waals surface area contributed by atoms with E-state index in [9.17, 15) is 0 Å². The minimum absolute atomic E-state index is 0.915. The Morgan fingerprint density at radius 1 is 1.07 bits per heavy atom. The van der Waals surface area contributed by atoms with E-state index in [0.29, 0.717) is 0 Å². The third kappa shape index (κ3) is 4.25. The van der Waals surface area contributed by atoms with Crippen LogP contribution in [-0.4, -0.2) is 0 Å². The van der Waals surface area contributed by atoms with Crippen molar-refractivity contribution in [1.82, 2.24) is 0 Å². The zero-order valence-electron chi connectivity index (χ0n) is 8.31. The van der Waals surface area contributed by atoms with Crippen molar-refractivity contribution in [3.63, 3.8) is 0 Å². The highest BCUT2D eigenvalue weighted by Gasteiger charge is 2.04. The molecule has 0 aliphatic heterocycles. The summed E-state index contributed by atoms with van der Waals surface area (Å²) in [5, 5.41) is 0. The third-order valence-corrected chi connectivity index (χ3v) is 3.74. The molecule has 1 aromatic rings. The highest BCUT2D eigenvalue weighted by atomic mass is 79.9. The predicted molar refractivity (Wildman–Crippen MR) is 77.2 cm³/mol. The lowest BCUT2D eigenvalue weighted by Crippen LogP contribution is -1.86. The monoisotopic (exact) mass is 392 g/mol. The summed E-state index contributed by atoms with van der Waals surface area (Å²) in [5.41, 5.74) is 1.26. The number of hydrogen-bond donors (Lipinski definition) is 0. The Bertz CT molecular complexity index is 369. The largest absolute Gasteiger partial charge is 0.0877 e. The van der Waals surface area contributed by atoms with Gasteiger partial charge in [-0.15, -0.1) is 0 Å². The second-order valence-electron chi connectivity index (χ2n) is 3.01. The quantitative estimate of drug-likeness (QED) is 0.581. The molecule has 15 heavy (non-hydrogen) atoms. The van der Waals surface area contributed by atoms with Crippen molar-refractivity contribution in [3.05, 3.63) is 55.4 Å². The van der Waals surface area contributed by atoms with E-state index in [-0.39, 0.29) is 0 Å². The molecule has 0 saturated heterocycles. The smallest absolute Gasteiger partial charge is 0.0232 e.